The van der Waals surface area contributed by atoms with Crippen LogP contribution in [0.25, 0.3) is 0 Å². The van der Waals surface area contributed by atoms with Crippen molar-refractivity contribution in [1.82, 2.24) is 5.06 Å². The number of ether oxygens (including phenoxy) is 1. The second kappa shape index (κ2) is 4.11. The molecular weight excluding hydrogens is 158 g/mol. The Morgan fingerprint density at radius 2 is 2.17 bits per heavy atom. The summed E-state index contributed by atoms with van der Waals surface area (Å²) in [6, 6.07) is 0. The van der Waals surface area contributed by atoms with Gasteiger partial charge in [0.15, 0.2) is 0 Å². The van der Waals surface area contributed by atoms with Gasteiger partial charge in [-0.3, -0.25) is 5.21 Å². The largest absolute Gasteiger partial charge is 0.442 e. The highest BCUT2D eigenvalue weighted by Gasteiger charge is 2.19. The van der Waals surface area contributed by atoms with Crippen molar-refractivity contribution in [1.29, 1.82) is 0 Å². The summed E-state index contributed by atoms with van der Waals surface area (Å²) in [5.41, 5.74) is -0.584. The van der Waals surface area contributed by atoms with E-state index in [0.29, 0.717) is 5.06 Å². The first-order valence-electron chi connectivity index (χ1n) is 3.67. The van der Waals surface area contributed by atoms with Gasteiger partial charge < -0.3 is 4.74 Å². The van der Waals surface area contributed by atoms with Gasteiger partial charge in [0.1, 0.15) is 5.60 Å². The van der Waals surface area contributed by atoms with Gasteiger partial charge in [-0.05, 0) is 20.8 Å². The summed E-state index contributed by atoms with van der Waals surface area (Å²) in [4.78, 5) is 11.0. The molecule has 4 nitrogen and oxygen atoms in total. The van der Waals surface area contributed by atoms with Crippen LogP contribution in [0.15, 0.2) is 12.7 Å². The predicted octanol–water partition coefficient (Wildman–Crippen LogP) is 1.80. The fourth-order valence-corrected chi connectivity index (χ4v) is 0.511. The van der Waals surface area contributed by atoms with E-state index in [0.717, 1.165) is 0 Å². The molecule has 0 aromatic rings. The van der Waals surface area contributed by atoms with E-state index in [1.54, 1.807) is 20.8 Å². The average Bonchev–Trinajstić information content (AvgIpc) is 1.84. The van der Waals surface area contributed by atoms with E-state index in [4.69, 9.17) is 9.94 Å². The first-order chi connectivity index (χ1) is 5.37. The Labute approximate surface area is 72.4 Å². The van der Waals surface area contributed by atoms with Crippen molar-refractivity contribution in [3.8, 4) is 0 Å². The van der Waals surface area contributed by atoms with E-state index >= 15 is 0 Å². The minimum absolute atomic E-state index is 0.0644. The van der Waals surface area contributed by atoms with Crippen LogP contribution in [0.2, 0.25) is 0 Å². The van der Waals surface area contributed by atoms with Gasteiger partial charge in [0.25, 0.3) is 0 Å². The van der Waals surface area contributed by atoms with Gasteiger partial charge in [-0.15, -0.1) is 6.58 Å². The number of carbonyl (C=O) groups excluding carboxylic acids is 1. The number of amides is 1. The Morgan fingerprint density at radius 3 is 2.50 bits per heavy atom. The molecule has 0 aliphatic carbocycles. The standard InChI is InChI=1S/C8H15NO3/c1-5-6-9(11)7(10)12-8(2,3)4/h5,11H,1,6H2,2-4H3. The summed E-state index contributed by atoms with van der Waals surface area (Å²) in [6.45, 7) is 8.62. The number of hydrogen-bond donors (Lipinski definition) is 1. The zero-order valence-electron chi connectivity index (χ0n) is 7.70. The third-order valence-corrected chi connectivity index (χ3v) is 0.906. The Morgan fingerprint density at radius 1 is 1.67 bits per heavy atom. The van der Waals surface area contributed by atoms with Crippen LogP contribution in [-0.4, -0.2) is 28.5 Å². The normalized spacial score (nSPS) is 10.7. The van der Waals surface area contributed by atoms with Gasteiger partial charge >= 0.3 is 6.09 Å². The van der Waals surface area contributed by atoms with Gasteiger partial charge in [0.2, 0.25) is 0 Å². The summed E-state index contributed by atoms with van der Waals surface area (Å²) in [6.07, 6.45) is 0.645. The van der Waals surface area contributed by atoms with Crippen LogP contribution in [0, 0.1) is 0 Å². The van der Waals surface area contributed by atoms with E-state index < -0.39 is 11.7 Å². The lowest BCUT2D eigenvalue weighted by Crippen LogP contribution is -2.34. The van der Waals surface area contributed by atoms with Crippen molar-refractivity contribution >= 4 is 6.09 Å². The second-order valence-electron chi connectivity index (χ2n) is 3.35. The van der Waals surface area contributed by atoms with Crippen LogP contribution in [0.3, 0.4) is 0 Å². The average molecular weight is 173 g/mol. The Hall–Kier alpha value is -1.03. The quantitative estimate of drug-likeness (QED) is 0.393. The number of hydroxylamine groups is 2. The SMILES string of the molecule is C=CCN(O)C(=O)OC(C)(C)C. The lowest BCUT2D eigenvalue weighted by Gasteiger charge is -2.22. The molecule has 0 heterocycles. The minimum Gasteiger partial charge on any atom is -0.442 e. The maximum Gasteiger partial charge on any atom is 0.434 e. The lowest BCUT2D eigenvalue weighted by molar-refractivity contribution is -0.0865. The summed E-state index contributed by atoms with van der Waals surface area (Å²) in [5.74, 6) is 0. The molecule has 0 rings (SSSR count). The molecule has 0 saturated carbocycles. The molecular formula is C8H15NO3. The molecule has 0 saturated heterocycles. The van der Waals surface area contributed by atoms with Crippen molar-refractivity contribution in [2.45, 2.75) is 26.4 Å². The van der Waals surface area contributed by atoms with Crippen LogP contribution in [0.1, 0.15) is 20.8 Å². The zero-order chi connectivity index (χ0) is 9.78. The molecule has 1 amide bonds. The Kier molecular flexibility index (Phi) is 3.76. The first kappa shape index (κ1) is 11.0. The third kappa shape index (κ3) is 4.73. The van der Waals surface area contributed by atoms with Crippen LogP contribution >= 0.6 is 0 Å². The van der Waals surface area contributed by atoms with Crippen molar-refractivity contribution in [3.63, 3.8) is 0 Å². The topological polar surface area (TPSA) is 49.8 Å². The fourth-order valence-electron chi connectivity index (χ4n) is 0.511. The maximum atomic E-state index is 11.0. The molecule has 0 aliphatic rings. The molecule has 12 heavy (non-hydrogen) atoms. The van der Waals surface area contributed by atoms with Gasteiger partial charge in [0, 0.05) is 0 Å². The second-order valence-corrected chi connectivity index (χ2v) is 3.35. The summed E-state index contributed by atoms with van der Waals surface area (Å²) in [7, 11) is 0. The number of nitrogens with zero attached hydrogens (tertiary/aromatic N) is 1. The zero-order valence-corrected chi connectivity index (χ0v) is 7.70. The molecule has 0 atom stereocenters. The van der Waals surface area contributed by atoms with Crippen LogP contribution in [0.5, 0.6) is 0 Å². The van der Waals surface area contributed by atoms with E-state index in [-0.39, 0.29) is 6.54 Å². The Balaban J connectivity index is 3.95. The summed E-state index contributed by atoms with van der Waals surface area (Å²) < 4.78 is 4.84. The lowest BCUT2D eigenvalue weighted by atomic mass is 10.2. The number of carbonyl (C=O) groups is 1. The molecule has 0 aromatic carbocycles. The third-order valence-electron chi connectivity index (χ3n) is 0.906. The maximum absolute atomic E-state index is 11.0. The summed E-state index contributed by atoms with van der Waals surface area (Å²) >= 11 is 0. The predicted molar refractivity (Wildman–Crippen MR) is 44.9 cm³/mol. The Bertz CT molecular complexity index is 172. The molecule has 0 fully saturated rings. The van der Waals surface area contributed by atoms with Crippen molar-refractivity contribution in [2.75, 3.05) is 6.54 Å². The molecule has 1 N–H and O–H groups in total. The van der Waals surface area contributed by atoms with E-state index in [9.17, 15) is 4.79 Å². The molecule has 0 radical (unpaired) electrons. The van der Waals surface area contributed by atoms with Crippen molar-refractivity contribution < 1.29 is 14.7 Å². The molecule has 0 aromatic heterocycles. The molecule has 4 heteroatoms. The molecule has 70 valence electrons. The number of hydrogen-bond acceptors (Lipinski definition) is 3. The first-order valence-corrected chi connectivity index (χ1v) is 3.67. The highest BCUT2D eigenvalue weighted by atomic mass is 16.6. The van der Waals surface area contributed by atoms with Crippen LogP contribution < -0.4 is 0 Å². The highest BCUT2D eigenvalue weighted by molar-refractivity contribution is 5.66. The smallest absolute Gasteiger partial charge is 0.434 e. The van der Waals surface area contributed by atoms with Gasteiger partial charge in [-0.1, -0.05) is 6.08 Å². The highest BCUT2D eigenvalue weighted by Crippen LogP contribution is 2.08. The molecule has 0 spiro atoms. The van der Waals surface area contributed by atoms with Gasteiger partial charge in [-0.25, -0.2) is 4.79 Å². The molecule has 0 unspecified atom stereocenters. The molecule has 0 bridgehead atoms. The minimum atomic E-state index is -0.762. The van der Waals surface area contributed by atoms with Crippen molar-refractivity contribution in [2.24, 2.45) is 0 Å². The van der Waals surface area contributed by atoms with Crippen LogP contribution in [-0.2, 0) is 4.74 Å². The van der Waals surface area contributed by atoms with Gasteiger partial charge in [0.05, 0.1) is 6.54 Å². The summed E-state index contributed by atoms with van der Waals surface area (Å²) in [5, 5.41) is 9.44. The monoisotopic (exact) mass is 173 g/mol. The van der Waals surface area contributed by atoms with E-state index in [1.807, 2.05) is 0 Å². The fraction of sp³-hybridized carbons (Fsp3) is 0.625. The van der Waals surface area contributed by atoms with Crippen molar-refractivity contribution in [3.05, 3.63) is 12.7 Å². The van der Waals surface area contributed by atoms with E-state index in [1.165, 1.54) is 6.08 Å². The van der Waals surface area contributed by atoms with E-state index in [2.05, 4.69) is 6.58 Å². The van der Waals surface area contributed by atoms with Gasteiger partial charge in [-0.2, -0.15) is 5.06 Å². The number of rotatable bonds is 2. The van der Waals surface area contributed by atoms with Crippen LogP contribution in [0.4, 0.5) is 4.79 Å². The molecule has 0 aliphatic heterocycles.